The van der Waals surface area contributed by atoms with Gasteiger partial charge in [-0.2, -0.15) is 0 Å². The van der Waals surface area contributed by atoms with Crippen LogP contribution in [0.1, 0.15) is 46.0 Å². The van der Waals surface area contributed by atoms with E-state index in [1.54, 1.807) is 0 Å². The van der Waals surface area contributed by atoms with Crippen LogP contribution < -0.4 is 5.73 Å². The van der Waals surface area contributed by atoms with E-state index < -0.39 is 0 Å². The summed E-state index contributed by atoms with van der Waals surface area (Å²) < 4.78 is 0. The van der Waals surface area contributed by atoms with Crippen molar-refractivity contribution in [2.75, 3.05) is 19.6 Å². The summed E-state index contributed by atoms with van der Waals surface area (Å²) in [5.41, 5.74) is 5.52. The molecule has 0 bridgehead atoms. The van der Waals surface area contributed by atoms with Crippen LogP contribution in [0.15, 0.2) is 0 Å². The van der Waals surface area contributed by atoms with E-state index >= 15 is 0 Å². The van der Waals surface area contributed by atoms with Gasteiger partial charge >= 0.3 is 0 Å². The second-order valence-corrected chi connectivity index (χ2v) is 5.24. The molecule has 1 fully saturated rings. The number of nitrogens with one attached hydrogen (secondary N) is 1. The average Bonchev–Trinajstić information content (AvgIpc) is 2.44. The molecule has 1 aliphatic rings. The first-order valence-electron chi connectivity index (χ1n) is 6.69. The van der Waals surface area contributed by atoms with E-state index in [9.17, 15) is 0 Å². The molecule has 0 aromatic rings. The predicted molar refractivity (Wildman–Crippen MR) is 69.8 cm³/mol. The maximum Gasteiger partial charge on any atom is 0.0947 e. The fourth-order valence-electron chi connectivity index (χ4n) is 2.59. The summed E-state index contributed by atoms with van der Waals surface area (Å²) in [6.45, 7) is 7.69. The third kappa shape index (κ3) is 4.52. The maximum atomic E-state index is 7.43. The first-order chi connectivity index (χ1) is 7.63. The monoisotopic (exact) mass is 225 g/mol. The molecule has 0 aromatic heterocycles. The molecule has 0 amide bonds. The lowest BCUT2D eigenvalue weighted by Crippen LogP contribution is -2.35. The van der Waals surface area contributed by atoms with E-state index in [2.05, 4.69) is 18.7 Å². The van der Waals surface area contributed by atoms with Gasteiger partial charge in [0, 0.05) is 12.5 Å². The molecule has 2 atom stereocenters. The first kappa shape index (κ1) is 13.5. The van der Waals surface area contributed by atoms with E-state index in [0.717, 1.165) is 12.5 Å². The van der Waals surface area contributed by atoms with Gasteiger partial charge in [0.05, 0.1) is 5.84 Å². The zero-order valence-electron chi connectivity index (χ0n) is 10.8. The summed E-state index contributed by atoms with van der Waals surface area (Å²) in [5.74, 6) is 1.47. The molecule has 0 aromatic carbocycles. The molecule has 0 saturated carbocycles. The SMILES string of the molecule is CCCC1CCCN(CC(C)C(=N)N)CC1. The second-order valence-electron chi connectivity index (χ2n) is 5.24. The molecule has 0 radical (unpaired) electrons. The van der Waals surface area contributed by atoms with Crippen molar-refractivity contribution in [2.24, 2.45) is 17.6 Å². The Morgan fingerprint density at radius 3 is 2.81 bits per heavy atom. The number of hydrogen-bond donors (Lipinski definition) is 2. The van der Waals surface area contributed by atoms with Gasteiger partial charge in [0.1, 0.15) is 0 Å². The minimum absolute atomic E-state index is 0.211. The molecule has 0 aliphatic carbocycles. The Bertz CT molecular complexity index is 215. The number of nitrogens with zero attached hydrogens (tertiary/aromatic N) is 1. The minimum Gasteiger partial charge on any atom is -0.387 e. The second kappa shape index (κ2) is 6.89. The molecule has 1 rings (SSSR count). The van der Waals surface area contributed by atoms with Crippen molar-refractivity contribution in [3.8, 4) is 0 Å². The lowest BCUT2D eigenvalue weighted by molar-refractivity contribution is 0.263. The lowest BCUT2D eigenvalue weighted by atomic mass is 9.96. The summed E-state index contributed by atoms with van der Waals surface area (Å²) >= 11 is 0. The maximum absolute atomic E-state index is 7.43. The smallest absolute Gasteiger partial charge is 0.0947 e. The third-order valence-electron chi connectivity index (χ3n) is 3.70. The standard InChI is InChI=1S/C13H27N3/c1-3-5-12-6-4-8-16(9-7-12)10-11(2)13(14)15/h11-12H,3-10H2,1-2H3,(H3,14,15). The van der Waals surface area contributed by atoms with Gasteiger partial charge in [-0.25, -0.2) is 0 Å². The van der Waals surface area contributed by atoms with Crippen LogP contribution in [0.4, 0.5) is 0 Å². The molecule has 1 saturated heterocycles. The summed E-state index contributed by atoms with van der Waals surface area (Å²) in [7, 11) is 0. The van der Waals surface area contributed by atoms with Gasteiger partial charge in [-0.15, -0.1) is 0 Å². The molecule has 94 valence electrons. The summed E-state index contributed by atoms with van der Waals surface area (Å²) in [6, 6.07) is 0. The fourth-order valence-corrected chi connectivity index (χ4v) is 2.59. The Morgan fingerprint density at radius 2 is 2.19 bits per heavy atom. The molecule has 3 heteroatoms. The lowest BCUT2D eigenvalue weighted by Gasteiger charge is -2.23. The van der Waals surface area contributed by atoms with Crippen LogP contribution in [-0.2, 0) is 0 Å². The Balaban J connectivity index is 2.32. The number of nitrogens with two attached hydrogens (primary N) is 1. The largest absolute Gasteiger partial charge is 0.387 e. The zero-order valence-corrected chi connectivity index (χ0v) is 10.8. The number of likely N-dealkylation sites (tertiary alicyclic amines) is 1. The normalized spacial score (nSPS) is 25.0. The zero-order chi connectivity index (χ0) is 12.0. The molecular formula is C13H27N3. The molecule has 1 aliphatic heterocycles. The van der Waals surface area contributed by atoms with Crippen molar-refractivity contribution in [1.29, 1.82) is 5.41 Å². The fraction of sp³-hybridized carbons (Fsp3) is 0.923. The van der Waals surface area contributed by atoms with Gasteiger partial charge in [-0.3, -0.25) is 5.41 Å². The van der Waals surface area contributed by atoms with Crippen molar-refractivity contribution in [2.45, 2.75) is 46.0 Å². The topological polar surface area (TPSA) is 53.1 Å². The van der Waals surface area contributed by atoms with Crippen LogP contribution in [-0.4, -0.2) is 30.4 Å². The van der Waals surface area contributed by atoms with E-state index in [0.29, 0.717) is 5.84 Å². The van der Waals surface area contributed by atoms with E-state index in [-0.39, 0.29) is 5.92 Å². The highest BCUT2D eigenvalue weighted by atomic mass is 15.1. The summed E-state index contributed by atoms with van der Waals surface area (Å²) in [6.07, 6.45) is 6.73. The molecule has 3 nitrogen and oxygen atoms in total. The molecule has 2 unspecified atom stereocenters. The highest BCUT2D eigenvalue weighted by Gasteiger charge is 2.18. The third-order valence-corrected chi connectivity index (χ3v) is 3.70. The molecular weight excluding hydrogens is 198 g/mol. The van der Waals surface area contributed by atoms with Crippen molar-refractivity contribution in [1.82, 2.24) is 4.90 Å². The van der Waals surface area contributed by atoms with Crippen LogP contribution in [0.3, 0.4) is 0 Å². The summed E-state index contributed by atoms with van der Waals surface area (Å²) in [5, 5.41) is 7.43. The van der Waals surface area contributed by atoms with E-state index in [1.807, 2.05) is 0 Å². The quantitative estimate of drug-likeness (QED) is 0.558. The van der Waals surface area contributed by atoms with E-state index in [1.165, 1.54) is 45.2 Å². The first-order valence-corrected chi connectivity index (χ1v) is 6.69. The van der Waals surface area contributed by atoms with Gasteiger partial charge in [0.25, 0.3) is 0 Å². The number of amidine groups is 1. The average molecular weight is 225 g/mol. The number of hydrogen-bond acceptors (Lipinski definition) is 2. The molecule has 1 heterocycles. The van der Waals surface area contributed by atoms with Gasteiger partial charge < -0.3 is 10.6 Å². The predicted octanol–water partition coefficient (Wildman–Crippen LogP) is 2.46. The Hall–Kier alpha value is -0.570. The molecule has 16 heavy (non-hydrogen) atoms. The highest BCUT2D eigenvalue weighted by molar-refractivity contribution is 5.79. The Labute approximate surface area is 99.9 Å². The van der Waals surface area contributed by atoms with Gasteiger partial charge in [0.15, 0.2) is 0 Å². The number of rotatable bonds is 5. The summed E-state index contributed by atoms with van der Waals surface area (Å²) in [4.78, 5) is 2.49. The molecule has 0 spiro atoms. The van der Waals surface area contributed by atoms with E-state index in [4.69, 9.17) is 11.1 Å². The minimum atomic E-state index is 0.211. The van der Waals surface area contributed by atoms with Crippen LogP contribution >= 0.6 is 0 Å². The van der Waals surface area contributed by atoms with Crippen LogP contribution in [0, 0.1) is 17.2 Å². The van der Waals surface area contributed by atoms with Crippen molar-refractivity contribution in [3.05, 3.63) is 0 Å². The van der Waals surface area contributed by atoms with Crippen molar-refractivity contribution in [3.63, 3.8) is 0 Å². The van der Waals surface area contributed by atoms with Crippen LogP contribution in [0.5, 0.6) is 0 Å². The Morgan fingerprint density at radius 1 is 1.44 bits per heavy atom. The van der Waals surface area contributed by atoms with Gasteiger partial charge in [0.2, 0.25) is 0 Å². The van der Waals surface area contributed by atoms with Crippen LogP contribution in [0.2, 0.25) is 0 Å². The van der Waals surface area contributed by atoms with Crippen molar-refractivity contribution < 1.29 is 0 Å². The molecule has 3 N–H and O–H groups in total. The van der Waals surface area contributed by atoms with Gasteiger partial charge in [-0.05, 0) is 38.3 Å². The highest BCUT2D eigenvalue weighted by Crippen LogP contribution is 2.22. The van der Waals surface area contributed by atoms with Gasteiger partial charge in [-0.1, -0.05) is 26.7 Å². The van der Waals surface area contributed by atoms with Crippen molar-refractivity contribution >= 4 is 5.84 Å². The Kier molecular flexibility index (Phi) is 5.81. The van der Waals surface area contributed by atoms with Crippen LogP contribution in [0.25, 0.3) is 0 Å².